The Morgan fingerprint density at radius 3 is 0.952 bits per heavy atom. The second-order valence-corrected chi connectivity index (χ2v) is 5.42. The summed E-state index contributed by atoms with van der Waals surface area (Å²) in [4.78, 5) is 0. The van der Waals surface area contributed by atoms with Crippen molar-refractivity contribution in [3.63, 3.8) is 0 Å². The predicted octanol–water partition coefficient (Wildman–Crippen LogP) is 5.89. The van der Waals surface area contributed by atoms with E-state index < -0.39 is 0 Å². The van der Waals surface area contributed by atoms with Crippen LogP contribution in [-0.4, -0.2) is 0 Å². The third-order valence-corrected chi connectivity index (χ3v) is 4.39. The molecular weight excluding hydrogens is 259 g/mol. The molecule has 0 aliphatic heterocycles. The summed E-state index contributed by atoms with van der Waals surface area (Å²) >= 11 is 0. The van der Waals surface area contributed by atoms with Crippen LogP contribution in [0, 0.1) is 0 Å². The largest absolute Gasteiger partial charge is 0.269 e. The Balaban J connectivity index is 0.00000115. The molecule has 0 nitrogen and oxygen atoms in total. The van der Waals surface area contributed by atoms with Gasteiger partial charge in [-0.2, -0.15) is 0 Å². The molecule has 5 aromatic rings. The molecule has 0 aliphatic carbocycles. The number of hydrogen-bond acceptors (Lipinski definition) is 0. The zero-order chi connectivity index (χ0) is 13.1. The van der Waals surface area contributed by atoms with E-state index in [4.69, 9.17) is 0 Å². The molecule has 0 spiro atoms. The standard InChI is InChI=1S/C20H12.FH/c1-5-13-6-2-11-17-18-12-4-8-14-7-3-10-16(20(14)18)15(9-1)19(13)17;/h1-12H;1H. The first-order valence-corrected chi connectivity index (χ1v) is 6.98. The normalized spacial score (nSPS) is 11.4. The predicted molar refractivity (Wildman–Crippen MR) is 90.2 cm³/mol. The lowest BCUT2D eigenvalue weighted by Crippen LogP contribution is -1.85. The summed E-state index contributed by atoms with van der Waals surface area (Å²) in [6, 6.07) is 26.4. The maximum Gasteiger partial charge on any atom is -0.00264 e. The lowest BCUT2D eigenvalue weighted by Gasteiger charge is -2.13. The summed E-state index contributed by atoms with van der Waals surface area (Å²) in [5.41, 5.74) is 0. The summed E-state index contributed by atoms with van der Waals surface area (Å²) in [5, 5.41) is 10.9. The zero-order valence-corrected chi connectivity index (χ0v) is 11.3. The number of benzene rings is 5. The third kappa shape index (κ3) is 1.43. The summed E-state index contributed by atoms with van der Waals surface area (Å²) in [6.07, 6.45) is 0. The Morgan fingerprint density at radius 1 is 0.381 bits per heavy atom. The highest BCUT2D eigenvalue weighted by Crippen LogP contribution is 2.39. The fraction of sp³-hybridized carbons (Fsp3) is 0. The maximum atomic E-state index is 2.25. The molecule has 0 fully saturated rings. The van der Waals surface area contributed by atoms with Gasteiger partial charge in [0.1, 0.15) is 0 Å². The molecule has 0 saturated carbocycles. The summed E-state index contributed by atoms with van der Waals surface area (Å²) in [6.45, 7) is 0. The topological polar surface area (TPSA) is 0 Å². The van der Waals surface area contributed by atoms with Crippen LogP contribution in [-0.2, 0) is 0 Å². The van der Waals surface area contributed by atoms with Gasteiger partial charge in [-0.25, -0.2) is 0 Å². The van der Waals surface area contributed by atoms with E-state index in [-0.39, 0.29) is 4.70 Å². The zero-order valence-electron chi connectivity index (χ0n) is 11.3. The van der Waals surface area contributed by atoms with Crippen LogP contribution in [0.25, 0.3) is 43.1 Å². The summed E-state index contributed by atoms with van der Waals surface area (Å²) in [5.74, 6) is 0. The molecule has 100 valence electrons. The lowest BCUT2D eigenvalue weighted by atomic mass is 9.90. The number of fused-ring (bicyclic) bond motifs is 2. The van der Waals surface area contributed by atoms with Crippen LogP contribution in [0.4, 0.5) is 4.70 Å². The number of hydrogen-bond donors (Lipinski definition) is 0. The van der Waals surface area contributed by atoms with E-state index in [0.717, 1.165) is 0 Å². The van der Waals surface area contributed by atoms with Crippen molar-refractivity contribution in [1.29, 1.82) is 0 Å². The molecule has 0 N–H and O–H groups in total. The second-order valence-electron chi connectivity index (χ2n) is 5.42. The molecule has 0 radical (unpaired) electrons. The highest BCUT2D eigenvalue weighted by atomic mass is 19.0. The molecule has 0 atom stereocenters. The van der Waals surface area contributed by atoms with Crippen molar-refractivity contribution in [2.45, 2.75) is 0 Å². The fourth-order valence-electron chi connectivity index (χ4n) is 3.58. The lowest BCUT2D eigenvalue weighted by molar-refractivity contribution is 1.11. The van der Waals surface area contributed by atoms with Gasteiger partial charge in [-0.1, -0.05) is 72.8 Å². The van der Waals surface area contributed by atoms with Crippen LogP contribution >= 0.6 is 0 Å². The Hall–Kier alpha value is -2.67. The van der Waals surface area contributed by atoms with E-state index in [2.05, 4.69) is 72.8 Å². The van der Waals surface area contributed by atoms with Gasteiger partial charge in [-0.3, -0.25) is 4.70 Å². The molecule has 5 rings (SSSR count). The second kappa shape index (κ2) is 4.16. The van der Waals surface area contributed by atoms with Crippen LogP contribution in [0.15, 0.2) is 72.8 Å². The number of halogens is 1. The highest BCUT2D eigenvalue weighted by molar-refractivity contribution is 6.32. The summed E-state index contributed by atoms with van der Waals surface area (Å²) in [7, 11) is 0. The third-order valence-electron chi connectivity index (χ3n) is 4.39. The van der Waals surface area contributed by atoms with E-state index in [9.17, 15) is 0 Å². The molecule has 0 amide bonds. The van der Waals surface area contributed by atoms with Crippen LogP contribution in [0.1, 0.15) is 0 Å². The van der Waals surface area contributed by atoms with Crippen molar-refractivity contribution in [2.24, 2.45) is 0 Å². The Morgan fingerprint density at radius 2 is 0.667 bits per heavy atom. The van der Waals surface area contributed by atoms with Gasteiger partial charge >= 0.3 is 0 Å². The van der Waals surface area contributed by atoms with Crippen LogP contribution < -0.4 is 0 Å². The molecule has 0 aliphatic rings. The average Bonchev–Trinajstić information content (AvgIpc) is 2.52. The van der Waals surface area contributed by atoms with E-state index in [1.807, 2.05) is 0 Å². The van der Waals surface area contributed by atoms with E-state index in [0.29, 0.717) is 0 Å². The van der Waals surface area contributed by atoms with Gasteiger partial charge in [0.25, 0.3) is 0 Å². The molecule has 0 bridgehead atoms. The van der Waals surface area contributed by atoms with Gasteiger partial charge in [0.15, 0.2) is 0 Å². The van der Waals surface area contributed by atoms with Gasteiger partial charge in [-0.05, 0) is 43.1 Å². The van der Waals surface area contributed by atoms with Crippen molar-refractivity contribution in [3.05, 3.63) is 72.8 Å². The van der Waals surface area contributed by atoms with Crippen molar-refractivity contribution in [2.75, 3.05) is 0 Å². The SMILES string of the molecule is F.c1cc2cccc3c4cccc5cccc(c(c1)c23)c54. The minimum Gasteiger partial charge on any atom is -0.269 e. The van der Waals surface area contributed by atoms with Crippen LogP contribution in [0.2, 0.25) is 0 Å². The Labute approximate surface area is 121 Å². The smallest absolute Gasteiger partial charge is 0.00264 e. The molecule has 0 saturated heterocycles. The molecule has 5 aromatic carbocycles. The first-order chi connectivity index (χ1) is 9.93. The first kappa shape index (κ1) is 12.1. The fourth-order valence-corrected chi connectivity index (χ4v) is 3.58. The Bertz CT molecular complexity index is 923. The maximum absolute atomic E-state index is 2.25. The molecule has 1 heteroatoms. The monoisotopic (exact) mass is 272 g/mol. The van der Waals surface area contributed by atoms with Crippen LogP contribution in [0.5, 0.6) is 0 Å². The molecule has 21 heavy (non-hydrogen) atoms. The van der Waals surface area contributed by atoms with E-state index in [1.165, 1.54) is 43.1 Å². The molecule has 0 unspecified atom stereocenters. The Kier molecular flexibility index (Phi) is 2.40. The van der Waals surface area contributed by atoms with Gasteiger partial charge in [-0.15, -0.1) is 0 Å². The van der Waals surface area contributed by atoms with Gasteiger partial charge < -0.3 is 0 Å². The van der Waals surface area contributed by atoms with Crippen molar-refractivity contribution in [3.8, 4) is 0 Å². The minimum atomic E-state index is 0. The van der Waals surface area contributed by atoms with Crippen LogP contribution in [0.3, 0.4) is 0 Å². The van der Waals surface area contributed by atoms with E-state index >= 15 is 0 Å². The van der Waals surface area contributed by atoms with E-state index in [1.54, 1.807) is 0 Å². The average molecular weight is 272 g/mol. The molecular formula is C20H13F. The first-order valence-electron chi connectivity index (χ1n) is 6.98. The van der Waals surface area contributed by atoms with Crippen molar-refractivity contribution in [1.82, 2.24) is 0 Å². The summed E-state index contributed by atoms with van der Waals surface area (Å²) < 4.78 is 0. The van der Waals surface area contributed by atoms with Gasteiger partial charge in [0.05, 0.1) is 0 Å². The quantitative estimate of drug-likeness (QED) is 0.243. The van der Waals surface area contributed by atoms with Crippen molar-refractivity contribution >= 4 is 43.1 Å². The highest BCUT2D eigenvalue weighted by Gasteiger charge is 2.11. The molecule has 0 heterocycles. The van der Waals surface area contributed by atoms with Gasteiger partial charge in [0.2, 0.25) is 0 Å². The van der Waals surface area contributed by atoms with Crippen molar-refractivity contribution < 1.29 is 4.70 Å². The number of rotatable bonds is 0. The minimum absolute atomic E-state index is 0. The van der Waals surface area contributed by atoms with Gasteiger partial charge in [0, 0.05) is 0 Å². The molecule has 0 aromatic heterocycles.